The SMILES string of the molecule is CC(C)N(C)Cc1cccc2cn[nH]c12. The number of fused-ring (bicyclic) bond motifs is 1. The summed E-state index contributed by atoms with van der Waals surface area (Å²) in [5, 5.41) is 8.31. The predicted octanol–water partition coefficient (Wildman–Crippen LogP) is 2.40. The van der Waals surface area contributed by atoms with Crippen molar-refractivity contribution in [2.45, 2.75) is 26.4 Å². The second kappa shape index (κ2) is 4.03. The molecule has 0 bridgehead atoms. The molecule has 0 saturated heterocycles. The minimum absolute atomic E-state index is 0.558. The number of aromatic amines is 1. The summed E-state index contributed by atoms with van der Waals surface area (Å²) in [6.07, 6.45) is 1.87. The average Bonchev–Trinajstić information content (AvgIpc) is 2.66. The Labute approximate surface area is 90.1 Å². The van der Waals surface area contributed by atoms with Gasteiger partial charge in [0.05, 0.1) is 11.7 Å². The molecule has 0 aliphatic carbocycles. The van der Waals surface area contributed by atoms with E-state index in [-0.39, 0.29) is 0 Å². The Morgan fingerprint density at radius 1 is 1.40 bits per heavy atom. The number of para-hydroxylation sites is 1. The molecule has 2 aromatic rings. The normalized spacial score (nSPS) is 11.8. The van der Waals surface area contributed by atoms with Crippen LogP contribution in [0.5, 0.6) is 0 Å². The highest BCUT2D eigenvalue weighted by Gasteiger charge is 2.07. The lowest BCUT2D eigenvalue weighted by molar-refractivity contribution is 0.266. The van der Waals surface area contributed by atoms with Crippen LogP contribution in [0.1, 0.15) is 19.4 Å². The molecule has 1 heterocycles. The highest BCUT2D eigenvalue weighted by molar-refractivity contribution is 5.81. The Bertz CT molecular complexity index is 445. The summed E-state index contributed by atoms with van der Waals surface area (Å²) in [5.41, 5.74) is 2.46. The lowest BCUT2D eigenvalue weighted by Crippen LogP contribution is -2.25. The van der Waals surface area contributed by atoms with Crippen LogP contribution in [0.2, 0.25) is 0 Å². The standard InChI is InChI=1S/C12H17N3/c1-9(2)15(3)8-11-6-4-5-10-7-13-14-12(10)11/h4-7,9H,8H2,1-3H3,(H,13,14). The van der Waals surface area contributed by atoms with Crippen molar-refractivity contribution in [3.63, 3.8) is 0 Å². The fourth-order valence-electron chi connectivity index (χ4n) is 1.61. The second-order valence-electron chi connectivity index (χ2n) is 4.26. The molecule has 0 spiro atoms. The number of aromatic nitrogens is 2. The maximum Gasteiger partial charge on any atom is 0.0695 e. The van der Waals surface area contributed by atoms with Gasteiger partial charge in [0.1, 0.15) is 0 Å². The third kappa shape index (κ3) is 2.02. The second-order valence-corrected chi connectivity index (χ2v) is 4.26. The Morgan fingerprint density at radius 2 is 2.20 bits per heavy atom. The number of rotatable bonds is 3. The van der Waals surface area contributed by atoms with Crippen molar-refractivity contribution >= 4 is 10.9 Å². The highest BCUT2D eigenvalue weighted by atomic mass is 15.1. The van der Waals surface area contributed by atoms with Gasteiger partial charge < -0.3 is 0 Å². The summed E-state index contributed by atoms with van der Waals surface area (Å²) in [7, 11) is 2.14. The molecule has 0 atom stereocenters. The Hall–Kier alpha value is -1.35. The maximum absolute atomic E-state index is 4.07. The molecule has 80 valence electrons. The lowest BCUT2D eigenvalue weighted by Gasteiger charge is -2.21. The summed E-state index contributed by atoms with van der Waals surface area (Å²) in [5.74, 6) is 0. The molecule has 3 nitrogen and oxygen atoms in total. The minimum Gasteiger partial charge on any atom is -0.300 e. The first-order chi connectivity index (χ1) is 7.18. The van der Waals surface area contributed by atoms with E-state index in [2.05, 4.69) is 54.2 Å². The average molecular weight is 203 g/mol. The van der Waals surface area contributed by atoms with E-state index in [1.165, 1.54) is 10.9 Å². The number of hydrogen-bond donors (Lipinski definition) is 1. The Kier molecular flexibility index (Phi) is 2.73. The number of H-pyrrole nitrogens is 1. The Morgan fingerprint density at radius 3 is 2.93 bits per heavy atom. The zero-order chi connectivity index (χ0) is 10.8. The summed E-state index contributed by atoms with van der Waals surface area (Å²) in [6.45, 7) is 5.36. The molecule has 1 N–H and O–H groups in total. The monoisotopic (exact) mass is 203 g/mol. The molecule has 2 rings (SSSR count). The molecule has 0 unspecified atom stereocenters. The molecule has 0 aliphatic rings. The molecule has 1 aromatic heterocycles. The quantitative estimate of drug-likeness (QED) is 0.830. The zero-order valence-electron chi connectivity index (χ0n) is 9.49. The molecule has 0 aliphatic heterocycles. The van der Waals surface area contributed by atoms with E-state index in [1.807, 2.05) is 6.20 Å². The van der Waals surface area contributed by atoms with Gasteiger partial charge in [-0.05, 0) is 26.5 Å². The summed E-state index contributed by atoms with van der Waals surface area (Å²) in [6, 6.07) is 6.88. The molecule has 15 heavy (non-hydrogen) atoms. The molecular weight excluding hydrogens is 186 g/mol. The fraction of sp³-hybridized carbons (Fsp3) is 0.417. The van der Waals surface area contributed by atoms with Gasteiger partial charge in [-0.2, -0.15) is 5.10 Å². The zero-order valence-corrected chi connectivity index (χ0v) is 9.49. The van der Waals surface area contributed by atoms with E-state index in [0.29, 0.717) is 6.04 Å². The molecule has 3 heteroatoms. The van der Waals surface area contributed by atoms with Crippen molar-refractivity contribution < 1.29 is 0 Å². The van der Waals surface area contributed by atoms with E-state index in [9.17, 15) is 0 Å². The van der Waals surface area contributed by atoms with Gasteiger partial charge in [0.2, 0.25) is 0 Å². The molecule has 0 radical (unpaired) electrons. The van der Waals surface area contributed by atoms with Crippen LogP contribution in [0, 0.1) is 0 Å². The molecule has 0 amide bonds. The third-order valence-electron chi connectivity index (χ3n) is 2.86. The smallest absolute Gasteiger partial charge is 0.0695 e. The van der Waals surface area contributed by atoms with Crippen molar-refractivity contribution in [2.24, 2.45) is 0 Å². The van der Waals surface area contributed by atoms with E-state index < -0.39 is 0 Å². The van der Waals surface area contributed by atoms with Crippen molar-refractivity contribution in [1.29, 1.82) is 0 Å². The van der Waals surface area contributed by atoms with E-state index in [0.717, 1.165) is 12.1 Å². The third-order valence-corrected chi connectivity index (χ3v) is 2.86. The van der Waals surface area contributed by atoms with E-state index >= 15 is 0 Å². The molecular formula is C12H17N3. The molecule has 0 saturated carbocycles. The van der Waals surface area contributed by atoms with Crippen LogP contribution in [0.25, 0.3) is 10.9 Å². The van der Waals surface area contributed by atoms with Gasteiger partial charge in [-0.1, -0.05) is 18.2 Å². The van der Waals surface area contributed by atoms with Gasteiger partial charge in [-0.3, -0.25) is 10.00 Å². The number of hydrogen-bond acceptors (Lipinski definition) is 2. The minimum atomic E-state index is 0.558. The van der Waals surface area contributed by atoms with Gasteiger partial charge in [-0.15, -0.1) is 0 Å². The van der Waals surface area contributed by atoms with Crippen molar-refractivity contribution in [2.75, 3.05) is 7.05 Å². The van der Waals surface area contributed by atoms with Crippen LogP contribution >= 0.6 is 0 Å². The van der Waals surface area contributed by atoms with E-state index in [1.54, 1.807) is 0 Å². The predicted molar refractivity (Wildman–Crippen MR) is 62.7 cm³/mol. The van der Waals surface area contributed by atoms with Crippen molar-refractivity contribution in [3.8, 4) is 0 Å². The van der Waals surface area contributed by atoms with Crippen LogP contribution in [0.3, 0.4) is 0 Å². The Balaban J connectivity index is 2.31. The van der Waals surface area contributed by atoms with Gasteiger partial charge in [0.15, 0.2) is 0 Å². The van der Waals surface area contributed by atoms with Gasteiger partial charge >= 0.3 is 0 Å². The summed E-state index contributed by atoms with van der Waals surface area (Å²) in [4.78, 5) is 2.32. The summed E-state index contributed by atoms with van der Waals surface area (Å²) < 4.78 is 0. The van der Waals surface area contributed by atoms with Crippen molar-refractivity contribution in [3.05, 3.63) is 30.0 Å². The first-order valence-electron chi connectivity index (χ1n) is 5.29. The first-order valence-corrected chi connectivity index (χ1v) is 5.29. The maximum atomic E-state index is 4.07. The molecule has 1 aromatic carbocycles. The van der Waals surface area contributed by atoms with Gasteiger partial charge in [0.25, 0.3) is 0 Å². The molecule has 0 fully saturated rings. The topological polar surface area (TPSA) is 31.9 Å². The van der Waals surface area contributed by atoms with Crippen LogP contribution < -0.4 is 0 Å². The van der Waals surface area contributed by atoms with Crippen LogP contribution in [0.4, 0.5) is 0 Å². The van der Waals surface area contributed by atoms with E-state index in [4.69, 9.17) is 0 Å². The number of nitrogens with one attached hydrogen (secondary N) is 1. The largest absolute Gasteiger partial charge is 0.300 e. The van der Waals surface area contributed by atoms with Gasteiger partial charge in [-0.25, -0.2) is 0 Å². The first kappa shape index (κ1) is 10.2. The highest BCUT2D eigenvalue weighted by Crippen LogP contribution is 2.17. The van der Waals surface area contributed by atoms with Gasteiger partial charge in [0, 0.05) is 18.0 Å². The van der Waals surface area contributed by atoms with Crippen LogP contribution in [0.15, 0.2) is 24.4 Å². The lowest BCUT2D eigenvalue weighted by atomic mass is 10.1. The number of benzene rings is 1. The van der Waals surface area contributed by atoms with Crippen molar-refractivity contribution in [1.82, 2.24) is 15.1 Å². The number of nitrogens with zero attached hydrogens (tertiary/aromatic N) is 2. The van der Waals surface area contributed by atoms with Crippen LogP contribution in [-0.2, 0) is 6.54 Å². The summed E-state index contributed by atoms with van der Waals surface area (Å²) >= 11 is 0. The fourth-order valence-corrected chi connectivity index (χ4v) is 1.61. The van der Waals surface area contributed by atoms with Crippen LogP contribution in [-0.4, -0.2) is 28.2 Å².